The first kappa shape index (κ1) is 12.6. The molecule has 96 valence electrons. The Bertz CT molecular complexity index is 315. The minimum Gasteiger partial charge on any atom is -0.263 e. The van der Waals surface area contributed by atoms with Gasteiger partial charge in [0.25, 0.3) is 0 Å². The van der Waals surface area contributed by atoms with Crippen LogP contribution >= 0.6 is 0 Å². The van der Waals surface area contributed by atoms with Crippen LogP contribution in [0.3, 0.4) is 0 Å². The van der Waals surface area contributed by atoms with Crippen LogP contribution in [0.1, 0.15) is 82.3 Å². The minimum atomic E-state index is 0.675. The first-order valence-electron chi connectivity index (χ1n) is 7.31. The van der Waals surface area contributed by atoms with Gasteiger partial charge in [0.15, 0.2) is 5.82 Å². The fourth-order valence-corrected chi connectivity index (χ4v) is 2.20. The van der Waals surface area contributed by atoms with Gasteiger partial charge in [-0.3, -0.25) is 5.10 Å². The van der Waals surface area contributed by atoms with Crippen LogP contribution in [0.5, 0.6) is 0 Å². The largest absolute Gasteiger partial charge is 0.263 e. The van der Waals surface area contributed by atoms with E-state index in [4.69, 9.17) is 0 Å². The molecular formula is C14H25N3. The second kappa shape index (κ2) is 6.77. The average molecular weight is 235 g/mol. The van der Waals surface area contributed by atoms with Crippen LogP contribution in [-0.2, 0) is 6.42 Å². The summed E-state index contributed by atoms with van der Waals surface area (Å²) in [6, 6.07) is 0. The fourth-order valence-electron chi connectivity index (χ4n) is 2.20. The molecule has 1 aliphatic carbocycles. The predicted molar refractivity (Wildman–Crippen MR) is 70.1 cm³/mol. The molecule has 1 fully saturated rings. The van der Waals surface area contributed by atoms with Crippen molar-refractivity contribution in [3.8, 4) is 0 Å². The van der Waals surface area contributed by atoms with Gasteiger partial charge in [0.05, 0.1) is 0 Å². The van der Waals surface area contributed by atoms with Crippen LogP contribution in [-0.4, -0.2) is 15.2 Å². The molecular weight excluding hydrogens is 210 g/mol. The van der Waals surface area contributed by atoms with Crippen LogP contribution in [0, 0.1) is 0 Å². The van der Waals surface area contributed by atoms with E-state index < -0.39 is 0 Å². The van der Waals surface area contributed by atoms with E-state index in [1.54, 1.807) is 0 Å². The van der Waals surface area contributed by atoms with Crippen molar-refractivity contribution in [1.29, 1.82) is 0 Å². The quantitative estimate of drug-likeness (QED) is 0.658. The molecule has 0 bridgehead atoms. The van der Waals surface area contributed by atoms with Gasteiger partial charge in [-0.15, -0.1) is 0 Å². The summed E-state index contributed by atoms with van der Waals surface area (Å²) in [5.74, 6) is 2.83. The molecule has 0 aliphatic heterocycles. The highest BCUT2D eigenvalue weighted by molar-refractivity contribution is 5.04. The molecule has 0 atom stereocenters. The van der Waals surface area contributed by atoms with Crippen molar-refractivity contribution in [1.82, 2.24) is 15.2 Å². The normalized spacial score (nSPS) is 15.4. The lowest BCUT2D eigenvalue weighted by Crippen LogP contribution is -1.89. The summed E-state index contributed by atoms with van der Waals surface area (Å²) in [6.45, 7) is 2.27. The van der Waals surface area contributed by atoms with Gasteiger partial charge < -0.3 is 0 Å². The third kappa shape index (κ3) is 4.49. The second-order valence-corrected chi connectivity index (χ2v) is 5.29. The van der Waals surface area contributed by atoms with Gasteiger partial charge >= 0.3 is 0 Å². The number of aromatic amines is 1. The van der Waals surface area contributed by atoms with Gasteiger partial charge in [-0.05, 0) is 19.3 Å². The molecule has 1 aromatic heterocycles. The Kier molecular flexibility index (Phi) is 5.02. The fraction of sp³-hybridized carbons (Fsp3) is 0.857. The molecule has 1 aromatic rings. The Balaban J connectivity index is 1.52. The van der Waals surface area contributed by atoms with Gasteiger partial charge in [0, 0.05) is 12.3 Å². The SMILES string of the molecule is CCCCCCCCCc1nc(C2CC2)n[nH]1. The van der Waals surface area contributed by atoms with Gasteiger partial charge in [-0.1, -0.05) is 45.4 Å². The van der Waals surface area contributed by atoms with Crippen molar-refractivity contribution in [3.05, 3.63) is 11.6 Å². The summed E-state index contributed by atoms with van der Waals surface area (Å²) >= 11 is 0. The molecule has 0 saturated heterocycles. The molecule has 3 heteroatoms. The third-order valence-corrected chi connectivity index (χ3v) is 3.51. The molecule has 0 amide bonds. The number of nitrogens with zero attached hydrogens (tertiary/aromatic N) is 2. The van der Waals surface area contributed by atoms with Gasteiger partial charge in [0.2, 0.25) is 0 Å². The van der Waals surface area contributed by atoms with Crippen molar-refractivity contribution in [2.45, 2.75) is 77.0 Å². The molecule has 0 spiro atoms. The van der Waals surface area contributed by atoms with Gasteiger partial charge in [0.1, 0.15) is 5.82 Å². The number of aryl methyl sites for hydroxylation is 1. The number of H-pyrrole nitrogens is 1. The Labute approximate surface area is 104 Å². The first-order chi connectivity index (χ1) is 8.40. The van der Waals surface area contributed by atoms with E-state index in [0.29, 0.717) is 5.92 Å². The molecule has 1 saturated carbocycles. The Morgan fingerprint density at radius 3 is 2.47 bits per heavy atom. The van der Waals surface area contributed by atoms with Crippen LogP contribution in [0.15, 0.2) is 0 Å². The third-order valence-electron chi connectivity index (χ3n) is 3.51. The second-order valence-electron chi connectivity index (χ2n) is 5.29. The maximum absolute atomic E-state index is 4.55. The van der Waals surface area contributed by atoms with E-state index >= 15 is 0 Å². The molecule has 0 radical (unpaired) electrons. The summed E-state index contributed by atoms with van der Waals surface area (Å²) < 4.78 is 0. The summed E-state index contributed by atoms with van der Waals surface area (Å²) in [5, 5.41) is 7.36. The molecule has 0 aromatic carbocycles. The number of aromatic nitrogens is 3. The van der Waals surface area contributed by atoms with Crippen LogP contribution in [0.25, 0.3) is 0 Å². The topological polar surface area (TPSA) is 41.6 Å². The first-order valence-corrected chi connectivity index (χ1v) is 7.31. The highest BCUT2D eigenvalue weighted by Crippen LogP contribution is 2.37. The summed E-state index contributed by atoms with van der Waals surface area (Å²) in [7, 11) is 0. The molecule has 0 unspecified atom stereocenters. The van der Waals surface area contributed by atoms with Crippen molar-refractivity contribution in [2.75, 3.05) is 0 Å². The van der Waals surface area contributed by atoms with Crippen molar-refractivity contribution in [3.63, 3.8) is 0 Å². The zero-order chi connectivity index (χ0) is 11.9. The maximum Gasteiger partial charge on any atom is 0.153 e. The molecule has 3 nitrogen and oxygen atoms in total. The van der Waals surface area contributed by atoms with E-state index in [9.17, 15) is 0 Å². The lowest BCUT2D eigenvalue weighted by atomic mass is 10.1. The van der Waals surface area contributed by atoms with E-state index in [-0.39, 0.29) is 0 Å². The zero-order valence-corrected chi connectivity index (χ0v) is 11.0. The standard InChI is InChI=1S/C14H25N3/c1-2-3-4-5-6-7-8-9-13-15-14(17-16-13)12-10-11-12/h12H,2-11H2,1H3,(H,15,16,17). The number of nitrogens with one attached hydrogen (secondary N) is 1. The highest BCUT2D eigenvalue weighted by atomic mass is 15.2. The number of rotatable bonds is 9. The van der Waals surface area contributed by atoms with Gasteiger partial charge in [-0.2, -0.15) is 5.10 Å². The van der Waals surface area contributed by atoms with Crippen LogP contribution in [0.2, 0.25) is 0 Å². The summed E-state index contributed by atoms with van der Waals surface area (Å²) in [5.41, 5.74) is 0. The van der Waals surface area contributed by atoms with Crippen molar-refractivity contribution < 1.29 is 0 Å². The highest BCUT2D eigenvalue weighted by Gasteiger charge is 2.27. The van der Waals surface area contributed by atoms with E-state index in [1.807, 2.05) is 0 Å². The smallest absolute Gasteiger partial charge is 0.153 e. The molecule has 2 rings (SSSR count). The Hall–Kier alpha value is -0.860. The van der Waals surface area contributed by atoms with E-state index in [1.165, 1.54) is 57.8 Å². The summed E-state index contributed by atoms with van der Waals surface area (Å²) in [4.78, 5) is 4.55. The Morgan fingerprint density at radius 2 is 1.76 bits per heavy atom. The lowest BCUT2D eigenvalue weighted by Gasteiger charge is -1.99. The monoisotopic (exact) mass is 235 g/mol. The molecule has 1 N–H and O–H groups in total. The molecule has 17 heavy (non-hydrogen) atoms. The zero-order valence-electron chi connectivity index (χ0n) is 11.0. The number of hydrogen-bond donors (Lipinski definition) is 1. The van der Waals surface area contributed by atoms with Crippen molar-refractivity contribution >= 4 is 0 Å². The average Bonchev–Trinajstić information content (AvgIpc) is 3.09. The van der Waals surface area contributed by atoms with Gasteiger partial charge in [-0.25, -0.2) is 4.98 Å². The number of unbranched alkanes of at least 4 members (excludes halogenated alkanes) is 6. The van der Waals surface area contributed by atoms with E-state index in [2.05, 4.69) is 22.1 Å². The molecule has 1 heterocycles. The number of hydrogen-bond acceptors (Lipinski definition) is 2. The Morgan fingerprint density at radius 1 is 1.06 bits per heavy atom. The van der Waals surface area contributed by atoms with Crippen LogP contribution in [0.4, 0.5) is 0 Å². The summed E-state index contributed by atoms with van der Waals surface area (Å²) in [6.07, 6.45) is 13.2. The van der Waals surface area contributed by atoms with Crippen LogP contribution < -0.4 is 0 Å². The molecule has 1 aliphatic rings. The minimum absolute atomic E-state index is 0.675. The van der Waals surface area contributed by atoms with E-state index in [0.717, 1.165) is 18.1 Å². The predicted octanol–water partition coefficient (Wildman–Crippen LogP) is 3.98. The van der Waals surface area contributed by atoms with Crippen molar-refractivity contribution in [2.24, 2.45) is 0 Å². The maximum atomic E-state index is 4.55. The lowest BCUT2D eigenvalue weighted by molar-refractivity contribution is 0.585.